The van der Waals surface area contributed by atoms with Crippen LogP contribution in [-0.4, -0.2) is 25.7 Å². The molecule has 0 aliphatic carbocycles. The second-order valence-corrected chi connectivity index (χ2v) is 5.55. The molecular formula is C11H13N3O4S. The Bertz CT molecular complexity index is 676. The number of aryl methyl sites for hydroxylation is 1. The lowest BCUT2D eigenvalue weighted by Crippen LogP contribution is -2.13. The fourth-order valence-corrected chi connectivity index (χ4v) is 2.33. The summed E-state index contributed by atoms with van der Waals surface area (Å²) in [5.41, 5.74) is 1.27. The van der Waals surface area contributed by atoms with E-state index in [1.54, 1.807) is 13.8 Å². The largest absolute Gasteiger partial charge is 0.481 e. The van der Waals surface area contributed by atoms with Crippen molar-refractivity contribution >= 4 is 15.9 Å². The molecule has 0 saturated heterocycles. The van der Waals surface area contributed by atoms with E-state index in [-0.39, 0.29) is 10.8 Å². The fraction of sp³-hybridized carbons (Fsp3) is 0.273. The van der Waals surface area contributed by atoms with Crippen molar-refractivity contribution in [2.45, 2.75) is 18.7 Å². The van der Waals surface area contributed by atoms with Crippen LogP contribution >= 0.6 is 0 Å². The zero-order valence-corrected chi connectivity index (χ0v) is 11.5. The van der Waals surface area contributed by atoms with E-state index in [4.69, 9.17) is 9.26 Å². The van der Waals surface area contributed by atoms with Gasteiger partial charge in [0, 0.05) is 11.6 Å². The highest BCUT2D eigenvalue weighted by Crippen LogP contribution is 2.21. The number of methoxy groups -OCH3 is 1. The van der Waals surface area contributed by atoms with Crippen molar-refractivity contribution in [1.29, 1.82) is 0 Å². The van der Waals surface area contributed by atoms with Crippen molar-refractivity contribution in [2.24, 2.45) is 0 Å². The Balaban J connectivity index is 2.29. The van der Waals surface area contributed by atoms with Crippen molar-refractivity contribution in [2.75, 3.05) is 11.8 Å². The Morgan fingerprint density at radius 2 is 2.05 bits per heavy atom. The van der Waals surface area contributed by atoms with Gasteiger partial charge in [0.2, 0.25) is 11.8 Å². The minimum Gasteiger partial charge on any atom is -0.481 e. The first kappa shape index (κ1) is 13.3. The average Bonchev–Trinajstić information content (AvgIpc) is 2.70. The molecule has 0 bridgehead atoms. The molecule has 0 spiro atoms. The zero-order valence-electron chi connectivity index (χ0n) is 10.7. The van der Waals surface area contributed by atoms with Gasteiger partial charge < -0.3 is 9.26 Å². The van der Waals surface area contributed by atoms with E-state index in [0.717, 1.165) is 0 Å². The number of aromatic nitrogens is 2. The summed E-state index contributed by atoms with van der Waals surface area (Å²) < 4.78 is 36.3. The van der Waals surface area contributed by atoms with Crippen LogP contribution in [0.25, 0.3) is 0 Å². The maximum atomic E-state index is 12.1. The van der Waals surface area contributed by atoms with Crippen molar-refractivity contribution in [3.63, 3.8) is 0 Å². The Labute approximate surface area is 110 Å². The molecule has 0 aliphatic rings. The molecule has 2 aromatic heterocycles. The molecule has 7 nitrogen and oxygen atoms in total. The number of anilines is 1. The van der Waals surface area contributed by atoms with Gasteiger partial charge in [-0.2, -0.15) is 0 Å². The third kappa shape index (κ3) is 2.68. The van der Waals surface area contributed by atoms with Crippen molar-refractivity contribution in [1.82, 2.24) is 10.1 Å². The summed E-state index contributed by atoms with van der Waals surface area (Å²) in [5.74, 6) is 0.443. The highest BCUT2D eigenvalue weighted by atomic mass is 32.2. The SMILES string of the molecule is COc1ccc(S(=O)(=O)Nc2onc(C)c2C)cn1. The van der Waals surface area contributed by atoms with Gasteiger partial charge in [-0.25, -0.2) is 18.1 Å². The Kier molecular flexibility index (Phi) is 3.43. The Morgan fingerprint density at radius 3 is 2.53 bits per heavy atom. The van der Waals surface area contributed by atoms with Crippen LogP contribution in [-0.2, 0) is 10.0 Å². The molecule has 0 aliphatic heterocycles. The third-order valence-corrected chi connectivity index (χ3v) is 3.93. The number of rotatable bonds is 4. The summed E-state index contributed by atoms with van der Waals surface area (Å²) in [4.78, 5) is 3.86. The predicted octanol–water partition coefficient (Wildman–Crippen LogP) is 1.50. The van der Waals surface area contributed by atoms with E-state index >= 15 is 0 Å². The van der Waals surface area contributed by atoms with Crippen LogP contribution in [0, 0.1) is 13.8 Å². The number of ether oxygens (including phenoxy) is 1. The van der Waals surface area contributed by atoms with Gasteiger partial charge in [-0.15, -0.1) is 0 Å². The number of hydrogen-bond donors (Lipinski definition) is 1. The van der Waals surface area contributed by atoms with Crippen molar-refractivity contribution in [3.8, 4) is 5.88 Å². The predicted molar refractivity (Wildman–Crippen MR) is 67.6 cm³/mol. The molecule has 2 rings (SSSR count). The van der Waals surface area contributed by atoms with Gasteiger partial charge in [-0.05, 0) is 19.9 Å². The van der Waals surface area contributed by atoms with Gasteiger partial charge >= 0.3 is 0 Å². The fourth-order valence-electron chi connectivity index (χ4n) is 1.34. The molecule has 0 unspecified atom stereocenters. The van der Waals surface area contributed by atoms with E-state index in [2.05, 4.69) is 14.9 Å². The molecule has 0 saturated carbocycles. The molecule has 1 N–H and O–H groups in total. The Morgan fingerprint density at radius 1 is 1.32 bits per heavy atom. The van der Waals surface area contributed by atoms with Crippen LogP contribution in [0.5, 0.6) is 5.88 Å². The smallest absolute Gasteiger partial charge is 0.265 e. The molecule has 8 heteroatoms. The molecule has 0 amide bonds. The first-order chi connectivity index (χ1) is 8.94. The summed E-state index contributed by atoms with van der Waals surface area (Å²) in [7, 11) is -2.30. The van der Waals surface area contributed by atoms with Crippen LogP contribution in [0.2, 0.25) is 0 Å². The van der Waals surface area contributed by atoms with Crippen molar-refractivity contribution in [3.05, 3.63) is 29.6 Å². The first-order valence-corrected chi connectivity index (χ1v) is 6.88. The molecular weight excluding hydrogens is 270 g/mol. The molecule has 0 radical (unpaired) electrons. The number of hydrogen-bond acceptors (Lipinski definition) is 6. The normalized spacial score (nSPS) is 11.3. The monoisotopic (exact) mass is 283 g/mol. The molecule has 0 atom stereocenters. The highest BCUT2D eigenvalue weighted by molar-refractivity contribution is 7.92. The second-order valence-electron chi connectivity index (χ2n) is 3.86. The van der Waals surface area contributed by atoms with E-state index in [1.807, 2.05) is 0 Å². The van der Waals surface area contributed by atoms with Crippen molar-refractivity contribution < 1.29 is 17.7 Å². The average molecular weight is 283 g/mol. The van der Waals surface area contributed by atoms with E-state index in [0.29, 0.717) is 17.1 Å². The summed E-state index contributed by atoms with van der Waals surface area (Å²) >= 11 is 0. The summed E-state index contributed by atoms with van der Waals surface area (Å²) in [6.07, 6.45) is 1.21. The van der Waals surface area contributed by atoms with Gasteiger partial charge in [0.05, 0.1) is 19.0 Å². The maximum Gasteiger partial charge on any atom is 0.265 e. The van der Waals surface area contributed by atoms with Crippen LogP contribution in [0.1, 0.15) is 11.3 Å². The number of nitrogens with zero attached hydrogens (tertiary/aromatic N) is 2. The van der Waals surface area contributed by atoms with Gasteiger partial charge in [0.15, 0.2) is 0 Å². The summed E-state index contributed by atoms with van der Waals surface area (Å²) in [6, 6.07) is 2.86. The third-order valence-electron chi connectivity index (χ3n) is 2.61. The number of nitrogens with one attached hydrogen (secondary N) is 1. The van der Waals surface area contributed by atoms with Crippen LogP contribution in [0.15, 0.2) is 27.7 Å². The van der Waals surface area contributed by atoms with Gasteiger partial charge in [0.25, 0.3) is 10.0 Å². The van der Waals surface area contributed by atoms with Gasteiger partial charge in [0.1, 0.15) is 4.90 Å². The Hall–Kier alpha value is -2.09. The molecule has 2 heterocycles. The lowest BCUT2D eigenvalue weighted by molar-refractivity contribution is 0.397. The summed E-state index contributed by atoms with van der Waals surface area (Å²) in [6.45, 7) is 3.45. The van der Waals surface area contributed by atoms with Gasteiger partial charge in [-0.3, -0.25) is 0 Å². The molecule has 19 heavy (non-hydrogen) atoms. The second kappa shape index (κ2) is 4.88. The van der Waals surface area contributed by atoms with E-state index < -0.39 is 10.0 Å². The first-order valence-electron chi connectivity index (χ1n) is 5.40. The lowest BCUT2D eigenvalue weighted by Gasteiger charge is -2.05. The van der Waals surface area contributed by atoms with Crippen LogP contribution in [0.3, 0.4) is 0 Å². The lowest BCUT2D eigenvalue weighted by atomic mass is 10.3. The molecule has 102 valence electrons. The minimum absolute atomic E-state index is 0.0155. The van der Waals surface area contributed by atoms with Crippen LogP contribution < -0.4 is 9.46 Å². The topological polar surface area (TPSA) is 94.3 Å². The highest BCUT2D eigenvalue weighted by Gasteiger charge is 2.19. The van der Waals surface area contributed by atoms with E-state index in [9.17, 15) is 8.42 Å². The quantitative estimate of drug-likeness (QED) is 0.913. The molecule has 2 aromatic rings. The van der Waals surface area contributed by atoms with Crippen LogP contribution in [0.4, 0.5) is 5.88 Å². The standard InChI is InChI=1S/C11H13N3O4S/c1-7-8(2)13-18-11(7)14-19(15,16)9-4-5-10(17-3)12-6-9/h4-6,14H,1-3H3. The number of sulfonamides is 1. The molecule has 0 aromatic carbocycles. The maximum absolute atomic E-state index is 12.1. The minimum atomic E-state index is -3.75. The molecule has 0 fully saturated rings. The number of pyridine rings is 1. The van der Waals surface area contributed by atoms with Gasteiger partial charge in [-0.1, -0.05) is 5.16 Å². The van der Waals surface area contributed by atoms with E-state index in [1.165, 1.54) is 25.4 Å². The zero-order chi connectivity index (χ0) is 14.0. The summed E-state index contributed by atoms with van der Waals surface area (Å²) in [5, 5.41) is 3.68.